The molecule has 3 heteroatoms. The molecule has 0 bridgehead atoms. The number of pyridine rings is 1. The van der Waals surface area contributed by atoms with Crippen LogP contribution >= 0.6 is 0 Å². The monoisotopic (exact) mass is 290 g/mol. The van der Waals surface area contributed by atoms with E-state index in [1.165, 1.54) is 19.3 Å². The maximum absolute atomic E-state index is 12.1. The summed E-state index contributed by atoms with van der Waals surface area (Å²) in [6, 6.07) is 4.08. The quantitative estimate of drug-likeness (QED) is 0.503. The number of carbonyl (C=O) groups is 1. The van der Waals surface area contributed by atoms with Crippen LogP contribution in [0.3, 0.4) is 0 Å². The summed E-state index contributed by atoms with van der Waals surface area (Å²) >= 11 is 0. The minimum Gasteiger partial charge on any atom is -0.337 e. The van der Waals surface area contributed by atoms with Gasteiger partial charge in [-0.2, -0.15) is 0 Å². The van der Waals surface area contributed by atoms with Crippen LogP contribution in [0.25, 0.3) is 0 Å². The van der Waals surface area contributed by atoms with Crippen LogP contribution in [0, 0.1) is 0 Å². The molecule has 0 aliphatic heterocycles. The molecule has 1 aromatic rings. The molecular formula is C18H30N2O. The minimum atomic E-state index is 0.184. The lowest BCUT2D eigenvalue weighted by Gasteiger charge is -2.07. The summed E-state index contributed by atoms with van der Waals surface area (Å²) in [4.78, 5) is 19.9. The number of Topliss-reactive ketones (excluding diaryl/α,β-unsaturated/α-hetero) is 1. The van der Waals surface area contributed by atoms with E-state index >= 15 is 0 Å². The number of rotatable bonds is 10. The number of nitrogens with one attached hydrogen (secondary N) is 1. The van der Waals surface area contributed by atoms with Gasteiger partial charge in [-0.15, -0.1) is 0 Å². The van der Waals surface area contributed by atoms with Crippen LogP contribution in [0.1, 0.15) is 81.8 Å². The number of nitrogens with zero attached hydrogens (tertiary/aromatic N) is 1. The zero-order valence-electron chi connectivity index (χ0n) is 13.9. The van der Waals surface area contributed by atoms with E-state index in [0.29, 0.717) is 6.42 Å². The number of aromatic amines is 1. The highest BCUT2D eigenvalue weighted by Gasteiger charge is 2.09. The lowest BCUT2D eigenvalue weighted by Crippen LogP contribution is -2.16. The lowest BCUT2D eigenvalue weighted by atomic mass is 10.0. The second-order valence-electron chi connectivity index (χ2n) is 5.57. The smallest absolute Gasteiger partial charge is 0.179 e. The predicted octanol–water partition coefficient (Wildman–Crippen LogP) is 4.43. The maximum atomic E-state index is 12.1. The Morgan fingerprint density at radius 3 is 2.48 bits per heavy atom. The van der Waals surface area contributed by atoms with Crippen molar-refractivity contribution in [3.63, 3.8) is 0 Å². The molecule has 118 valence electrons. The first-order valence-electron chi connectivity index (χ1n) is 8.48. The number of unbranched alkanes of at least 4 members (excludes halogenated alkanes) is 4. The number of aryl methyl sites for hydroxylation is 1. The Balaban J connectivity index is 2.82. The predicted molar refractivity (Wildman–Crippen MR) is 88.6 cm³/mol. The SMILES string of the molecule is CCCCCCN=c1ccc(CCCC)c(C(=O)CC)[nH]1. The van der Waals surface area contributed by atoms with Gasteiger partial charge in [0.25, 0.3) is 0 Å². The summed E-state index contributed by atoms with van der Waals surface area (Å²) in [5, 5.41) is 0. The fourth-order valence-electron chi connectivity index (χ4n) is 2.34. The third kappa shape index (κ3) is 6.28. The summed E-state index contributed by atoms with van der Waals surface area (Å²) in [5.74, 6) is 0.184. The molecule has 0 radical (unpaired) electrons. The van der Waals surface area contributed by atoms with Crippen LogP contribution in [-0.2, 0) is 6.42 Å². The normalized spacial score (nSPS) is 11.9. The number of hydrogen-bond donors (Lipinski definition) is 1. The third-order valence-corrected chi connectivity index (χ3v) is 3.71. The standard InChI is InChI=1S/C18H30N2O/c1-4-7-9-10-14-19-17-13-12-15(11-8-5-2)18(20-17)16(21)6-3/h12-13H,4-11,14H2,1-3H3,(H,19,20). The summed E-state index contributed by atoms with van der Waals surface area (Å²) in [6.07, 6.45) is 8.63. The van der Waals surface area contributed by atoms with Gasteiger partial charge in [0, 0.05) is 13.0 Å². The Morgan fingerprint density at radius 2 is 1.81 bits per heavy atom. The van der Waals surface area contributed by atoms with Gasteiger partial charge in [0.05, 0.1) is 5.69 Å². The van der Waals surface area contributed by atoms with E-state index in [1.54, 1.807) is 0 Å². The zero-order chi connectivity index (χ0) is 15.5. The van der Waals surface area contributed by atoms with Gasteiger partial charge in [-0.1, -0.05) is 52.5 Å². The first-order chi connectivity index (χ1) is 10.2. The second kappa shape index (κ2) is 10.4. The van der Waals surface area contributed by atoms with E-state index in [2.05, 4.69) is 29.9 Å². The van der Waals surface area contributed by atoms with Crippen molar-refractivity contribution in [2.24, 2.45) is 4.99 Å². The highest BCUT2D eigenvalue weighted by molar-refractivity contribution is 5.95. The number of carbonyl (C=O) groups excluding carboxylic acids is 1. The zero-order valence-corrected chi connectivity index (χ0v) is 13.9. The lowest BCUT2D eigenvalue weighted by molar-refractivity contribution is 0.0982. The number of hydrogen-bond acceptors (Lipinski definition) is 2. The number of H-pyrrole nitrogens is 1. The Hall–Kier alpha value is -1.38. The molecule has 0 aliphatic carbocycles. The van der Waals surface area contributed by atoms with Gasteiger partial charge in [-0.3, -0.25) is 9.79 Å². The number of aromatic nitrogens is 1. The average molecular weight is 290 g/mol. The molecule has 0 saturated carbocycles. The third-order valence-electron chi connectivity index (χ3n) is 3.71. The summed E-state index contributed by atoms with van der Waals surface area (Å²) in [7, 11) is 0. The molecule has 1 N–H and O–H groups in total. The molecule has 0 aromatic carbocycles. The van der Waals surface area contributed by atoms with Crippen molar-refractivity contribution >= 4 is 5.78 Å². The van der Waals surface area contributed by atoms with Crippen molar-refractivity contribution in [1.82, 2.24) is 4.98 Å². The topological polar surface area (TPSA) is 45.2 Å². The van der Waals surface area contributed by atoms with Gasteiger partial charge in [0.1, 0.15) is 5.49 Å². The molecule has 0 atom stereocenters. The van der Waals surface area contributed by atoms with Crippen molar-refractivity contribution in [2.75, 3.05) is 6.54 Å². The average Bonchev–Trinajstić information content (AvgIpc) is 2.52. The van der Waals surface area contributed by atoms with Crippen LogP contribution in [0.4, 0.5) is 0 Å². The van der Waals surface area contributed by atoms with E-state index in [0.717, 1.165) is 49.0 Å². The van der Waals surface area contributed by atoms with Gasteiger partial charge in [-0.05, 0) is 30.9 Å². The van der Waals surface area contributed by atoms with E-state index in [1.807, 2.05) is 13.0 Å². The Morgan fingerprint density at radius 1 is 1.05 bits per heavy atom. The van der Waals surface area contributed by atoms with Crippen LogP contribution in [0.5, 0.6) is 0 Å². The van der Waals surface area contributed by atoms with Crippen molar-refractivity contribution in [3.05, 3.63) is 28.9 Å². The van der Waals surface area contributed by atoms with Crippen molar-refractivity contribution in [1.29, 1.82) is 0 Å². The molecule has 0 saturated heterocycles. The van der Waals surface area contributed by atoms with Crippen LogP contribution in [0.2, 0.25) is 0 Å². The summed E-state index contributed by atoms with van der Waals surface area (Å²) in [5.41, 5.74) is 2.73. The van der Waals surface area contributed by atoms with Crippen molar-refractivity contribution in [2.45, 2.75) is 72.1 Å². The largest absolute Gasteiger partial charge is 0.337 e. The van der Waals surface area contributed by atoms with Gasteiger partial charge in [-0.25, -0.2) is 0 Å². The molecule has 0 spiro atoms. The molecular weight excluding hydrogens is 260 g/mol. The van der Waals surface area contributed by atoms with Gasteiger partial charge < -0.3 is 4.98 Å². The summed E-state index contributed by atoms with van der Waals surface area (Å²) in [6.45, 7) is 7.13. The van der Waals surface area contributed by atoms with Crippen LogP contribution in [-0.4, -0.2) is 17.3 Å². The Kier molecular flexibility index (Phi) is 8.72. The molecule has 1 heterocycles. The van der Waals surface area contributed by atoms with Gasteiger partial charge >= 0.3 is 0 Å². The van der Waals surface area contributed by atoms with E-state index < -0.39 is 0 Å². The first-order valence-corrected chi connectivity index (χ1v) is 8.48. The Labute approximate surface area is 128 Å². The highest BCUT2D eigenvalue weighted by Crippen LogP contribution is 2.10. The fraction of sp³-hybridized carbons (Fsp3) is 0.667. The van der Waals surface area contributed by atoms with Gasteiger partial charge in [0.2, 0.25) is 0 Å². The van der Waals surface area contributed by atoms with Crippen LogP contribution < -0.4 is 5.49 Å². The molecule has 0 unspecified atom stereocenters. The first kappa shape index (κ1) is 17.7. The molecule has 1 rings (SSSR count). The highest BCUT2D eigenvalue weighted by atomic mass is 16.1. The summed E-state index contributed by atoms with van der Waals surface area (Å²) < 4.78 is 0. The van der Waals surface area contributed by atoms with Gasteiger partial charge in [0.15, 0.2) is 5.78 Å². The number of ketones is 1. The fourth-order valence-corrected chi connectivity index (χ4v) is 2.34. The molecule has 3 nitrogen and oxygen atoms in total. The Bertz CT molecular complexity index is 488. The molecule has 21 heavy (non-hydrogen) atoms. The van der Waals surface area contributed by atoms with E-state index in [9.17, 15) is 4.79 Å². The minimum absolute atomic E-state index is 0.184. The van der Waals surface area contributed by atoms with Crippen LogP contribution in [0.15, 0.2) is 17.1 Å². The van der Waals surface area contributed by atoms with Crippen molar-refractivity contribution in [3.8, 4) is 0 Å². The van der Waals surface area contributed by atoms with E-state index in [4.69, 9.17) is 0 Å². The maximum Gasteiger partial charge on any atom is 0.179 e. The molecule has 0 amide bonds. The van der Waals surface area contributed by atoms with E-state index in [-0.39, 0.29) is 5.78 Å². The second-order valence-corrected chi connectivity index (χ2v) is 5.57. The molecule has 0 aliphatic rings. The molecule has 0 fully saturated rings. The molecule has 1 aromatic heterocycles. The van der Waals surface area contributed by atoms with Crippen molar-refractivity contribution < 1.29 is 4.79 Å².